The molecule has 0 atom stereocenters. The molecule has 0 amide bonds. The number of pyridine rings is 1. The van der Waals surface area contributed by atoms with E-state index in [-0.39, 0.29) is 24.0 Å². The Morgan fingerprint density at radius 2 is 2.44 bits per heavy atom. The van der Waals surface area contributed by atoms with E-state index >= 15 is 0 Å². The van der Waals surface area contributed by atoms with Crippen molar-refractivity contribution < 1.29 is 4.74 Å². The molecule has 0 bridgehead atoms. The van der Waals surface area contributed by atoms with Crippen molar-refractivity contribution in [3.63, 3.8) is 0 Å². The molecule has 0 saturated carbocycles. The molecule has 16 heavy (non-hydrogen) atoms. The van der Waals surface area contributed by atoms with Crippen LogP contribution in [0.15, 0.2) is 23.3 Å². The van der Waals surface area contributed by atoms with Gasteiger partial charge in [0.25, 0.3) is 0 Å². The van der Waals surface area contributed by atoms with Crippen LogP contribution in [0.25, 0.3) is 0 Å². The van der Waals surface area contributed by atoms with E-state index in [4.69, 9.17) is 22.1 Å². The Morgan fingerprint density at radius 3 is 3.06 bits per heavy atom. The summed E-state index contributed by atoms with van der Waals surface area (Å²) >= 11 is 5.84. The second kappa shape index (κ2) is 8.40. The van der Waals surface area contributed by atoms with Crippen LogP contribution in [-0.4, -0.2) is 31.1 Å². The van der Waals surface area contributed by atoms with Gasteiger partial charge in [-0.3, -0.25) is 4.99 Å². The first kappa shape index (κ1) is 15.2. The van der Waals surface area contributed by atoms with E-state index in [1.807, 2.05) is 0 Å². The first-order valence-electron chi connectivity index (χ1n) is 4.43. The Bertz CT molecular complexity index is 348. The highest BCUT2D eigenvalue weighted by Crippen LogP contribution is 2.19. The van der Waals surface area contributed by atoms with Crippen molar-refractivity contribution in [2.45, 2.75) is 0 Å². The number of nitrogens with one attached hydrogen (secondary N) is 1. The molecule has 3 N–H and O–H groups in total. The summed E-state index contributed by atoms with van der Waals surface area (Å²) in [5.41, 5.74) is 5.42. The van der Waals surface area contributed by atoms with Crippen molar-refractivity contribution in [3.8, 4) is 5.88 Å². The largest absolute Gasteiger partial charge is 0.475 e. The summed E-state index contributed by atoms with van der Waals surface area (Å²) in [5.74, 6) is 0.804. The maximum absolute atomic E-state index is 5.84. The van der Waals surface area contributed by atoms with E-state index in [1.54, 1.807) is 25.4 Å². The molecule has 0 aliphatic rings. The standard InChI is InChI=1S/C9H13ClN4O.HI/c1-12-9(11)14-5-6-15-8-7(10)3-2-4-13-8;/h2-4H,5-6H2,1H3,(H3,11,12,14);1H. The molecule has 5 nitrogen and oxygen atoms in total. The molecule has 0 aliphatic heterocycles. The van der Waals surface area contributed by atoms with E-state index in [9.17, 15) is 0 Å². The molecule has 0 aromatic carbocycles. The summed E-state index contributed by atoms with van der Waals surface area (Å²) < 4.78 is 5.32. The molecule has 7 heteroatoms. The zero-order valence-electron chi connectivity index (χ0n) is 8.81. The van der Waals surface area contributed by atoms with Crippen LogP contribution in [0.5, 0.6) is 5.88 Å². The third kappa shape index (κ3) is 5.36. The zero-order chi connectivity index (χ0) is 11.1. The Kier molecular flexibility index (Phi) is 8.00. The molecular formula is C9H14ClIN4O. The summed E-state index contributed by atoms with van der Waals surface area (Å²) in [6, 6.07) is 3.47. The molecule has 0 radical (unpaired) electrons. The molecule has 0 aliphatic carbocycles. The van der Waals surface area contributed by atoms with Crippen molar-refractivity contribution in [1.82, 2.24) is 10.3 Å². The Balaban J connectivity index is 0.00000225. The minimum absolute atomic E-state index is 0. The zero-order valence-corrected chi connectivity index (χ0v) is 11.9. The Labute approximate surface area is 116 Å². The summed E-state index contributed by atoms with van der Waals surface area (Å²) in [7, 11) is 1.61. The van der Waals surface area contributed by atoms with E-state index in [0.717, 1.165) is 0 Å². The maximum Gasteiger partial charge on any atom is 0.232 e. The second-order valence-electron chi connectivity index (χ2n) is 2.67. The number of hydrogen-bond acceptors (Lipinski definition) is 3. The van der Waals surface area contributed by atoms with Crippen LogP contribution in [0.3, 0.4) is 0 Å². The van der Waals surface area contributed by atoms with Gasteiger partial charge in [0.15, 0.2) is 5.96 Å². The fourth-order valence-electron chi connectivity index (χ4n) is 0.883. The van der Waals surface area contributed by atoms with E-state index < -0.39 is 0 Å². The summed E-state index contributed by atoms with van der Waals surface area (Å²) in [5, 5.41) is 3.35. The maximum atomic E-state index is 5.84. The normalized spacial score (nSPS) is 10.5. The highest BCUT2D eigenvalue weighted by atomic mass is 127. The van der Waals surface area contributed by atoms with Crippen LogP contribution in [0, 0.1) is 0 Å². The van der Waals surface area contributed by atoms with Crippen molar-refractivity contribution in [2.75, 3.05) is 20.2 Å². The quantitative estimate of drug-likeness (QED) is 0.369. The molecule has 0 saturated heterocycles. The van der Waals surface area contributed by atoms with Crippen LogP contribution in [-0.2, 0) is 0 Å². The number of aliphatic imine (C=N–C) groups is 1. The van der Waals surface area contributed by atoms with Crippen LogP contribution >= 0.6 is 35.6 Å². The van der Waals surface area contributed by atoms with Gasteiger partial charge in [-0.1, -0.05) is 11.6 Å². The number of halogens is 2. The number of ether oxygens (including phenoxy) is 1. The fourth-order valence-corrected chi connectivity index (χ4v) is 1.06. The van der Waals surface area contributed by atoms with Gasteiger partial charge in [0.05, 0.1) is 6.54 Å². The molecule has 1 heterocycles. The van der Waals surface area contributed by atoms with Crippen molar-refractivity contribution in [3.05, 3.63) is 23.4 Å². The summed E-state index contributed by atoms with van der Waals surface area (Å²) in [6.07, 6.45) is 1.62. The number of nitrogens with two attached hydrogens (primary N) is 1. The van der Waals surface area contributed by atoms with Gasteiger partial charge in [0.2, 0.25) is 5.88 Å². The average molecular weight is 357 g/mol. The smallest absolute Gasteiger partial charge is 0.232 e. The van der Waals surface area contributed by atoms with Gasteiger partial charge in [-0.2, -0.15) is 0 Å². The minimum atomic E-state index is 0. The van der Waals surface area contributed by atoms with Crippen molar-refractivity contribution in [1.29, 1.82) is 0 Å². The Hall–Kier alpha value is -0.760. The second-order valence-corrected chi connectivity index (χ2v) is 3.08. The molecule has 90 valence electrons. The third-order valence-corrected chi connectivity index (χ3v) is 1.90. The summed E-state index contributed by atoms with van der Waals surface area (Å²) in [6.45, 7) is 0.975. The molecule has 0 spiro atoms. The highest BCUT2D eigenvalue weighted by molar-refractivity contribution is 14.0. The van der Waals surface area contributed by atoms with E-state index in [1.165, 1.54) is 0 Å². The lowest BCUT2D eigenvalue weighted by molar-refractivity contribution is 0.310. The number of guanidine groups is 1. The van der Waals surface area contributed by atoms with Gasteiger partial charge < -0.3 is 15.8 Å². The fraction of sp³-hybridized carbons (Fsp3) is 0.333. The number of rotatable bonds is 4. The Morgan fingerprint density at radius 1 is 1.69 bits per heavy atom. The monoisotopic (exact) mass is 356 g/mol. The lowest BCUT2D eigenvalue weighted by Gasteiger charge is -2.07. The third-order valence-electron chi connectivity index (χ3n) is 1.61. The number of aromatic nitrogens is 1. The van der Waals surface area contributed by atoms with Gasteiger partial charge in [-0.05, 0) is 12.1 Å². The molecule has 0 fully saturated rings. The van der Waals surface area contributed by atoms with Crippen LogP contribution in [0.2, 0.25) is 5.02 Å². The number of hydrogen-bond donors (Lipinski definition) is 2. The van der Waals surface area contributed by atoms with Crippen LogP contribution in [0.4, 0.5) is 0 Å². The van der Waals surface area contributed by atoms with Gasteiger partial charge in [-0.25, -0.2) is 4.98 Å². The van der Waals surface area contributed by atoms with Gasteiger partial charge in [-0.15, -0.1) is 24.0 Å². The van der Waals surface area contributed by atoms with Gasteiger partial charge >= 0.3 is 0 Å². The molecule has 1 aromatic heterocycles. The van der Waals surface area contributed by atoms with Crippen LogP contribution in [0.1, 0.15) is 0 Å². The van der Waals surface area contributed by atoms with E-state index in [2.05, 4.69) is 15.3 Å². The van der Waals surface area contributed by atoms with Crippen molar-refractivity contribution in [2.24, 2.45) is 10.7 Å². The molecule has 1 rings (SSSR count). The molecule has 1 aromatic rings. The average Bonchev–Trinajstić information content (AvgIpc) is 2.26. The number of nitrogens with zero attached hydrogens (tertiary/aromatic N) is 2. The lowest BCUT2D eigenvalue weighted by atomic mass is 10.5. The molecular weight excluding hydrogens is 342 g/mol. The van der Waals surface area contributed by atoms with E-state index in [0.29, 0.717) is 30.0 Å². The topological polar surface area (TPSA) is 72.5 Å². The predicted molar refractivity (Wildman–Crippen MR) is 75.7 cm³/mol. The lowest BCUT2D eigenvalue weighted by Crippen LogP contribution is -2.34. The van der Waals surface area contributed by atoms with Crippen LogP contribution < -0.4 is 15.8 Å². The SMILES string of the molecule is CN=C(N)NCCOc1ncccc1Cl.I. The minimum Gasteiger partial charge on any atom is -0.475 e. The van der Waals surface area contributed by atoms with Crippen molar-refractivity contribution >= 4 is 41.5 Å². The first-order chi connectivity index (χ1) is 7.24. The van der Waals surface area contributed by atoms with Gasteiger partial charge in [0.1, 0.15) is 11.6 Å². The molecule has 0 unspecified atom stereocenters. The predicted octanol–water partition coefficient (Wildman–Crippen LogP) is 1.27. The van der Waals surface area contributed by atoms with Gasteiger partial charge in [0, 0.05) is 13.2 Å². The summed E-state index contributed by atoms with van der Waals surface area (Å²) in [4.78, 5) is 7.71. The highest BCUT2D eigenvalue weighted by Gasteiger charge is 2.00. The first-order valence-corrected chi connectivity index (χ1v) is 4.81.